The van der Waals surface area contributed by atoms with Crippen molar-refractivity contribution in [2.45, 2.75) is 85.7 Å². The van der Waals surface area contributed by atoms with Gasteiger partial charge in [0.05, 0.1) is 11.1 Å². The number of nitrogens with zero attached hydrogens (tertiary/aromatic N) is 6. The molecule has 2 aliphatic rings. The monoisotopic (exact) mass is 1030 g/mol. The lowest BCUT2D eigenvalue weighted by atomic mass is 9.98. The molecule has 400 valence electrons. The van der Waals surface area contributed by atoms with Crippen molar-refractivity contribution in [2.75, 3.05) is 75.2 Å². The van der Waals surface area contributed by atoms with E-state index in [0.29, 0.717) is 94.4 Å². The number of phenolic OH excluding ortho intramolecular Hbond substituents is 4. The number of amidine groups is 4. The standard InChI is InChI=1S/C55H72N12O8/c1-7-60-54(74)52(58)66(50(56)42-28-40(34(3)4)44(68)30-46(42)70)38-16-12-36(13-17-38)32-62-20-24-64(25-21-62)48(72)10-9-11-49(73)65-26-22-63(23-27-65)33-37-14-18-39(19-15-37)67(53(59)55(75)61-8-2)51(57)43-29-41(35(5)6)45(69)31-47(43)71/h12-19,28-31,34-35,56-59,68-71H,7-11,20-27,32-33H2,1-6H3,(H,60,74)(H,61,75). The van der Waals surface area contributed by atoms with Crippen LogP contribution in [0.4, 0.5) is 11.4 Å². The predicted molar refractivity (Wildman–Crippen MR) is 290 cm³/mol. The van der Waals surface area contributed by atoms with Gasteiger partial charge >= 0.3 is 0 Å². The summed E-state index contributed by atoms with van der Waals surface area (Å²) in [5.74, 6) is -4.13. The van der Waals surface area contributed by atoms with Gasteiger partial charge < -0.3 is 40.9 Å². The molecule has 4 aromatic carbocycles. The molecule has 4 aromatic rings. The second-order valence-corrected chi connectivity index (χ2v) is 19.5. The molecule has 0 saturated carbocycles. The van der Waals surface area contributed by atoms with Gasteiger partial charge in [0.1, 0.15) is 34.7 Å². The van der Waals surface area contributed by atoms with Crippen LogP contribution < -0.4 is 20.4 Å². The molecule has 20 heteroatoms. The van der Waals surface area contributed by atoms with Crippen LogP contribution in [0.15, 0.2) is 72.8 Å². The van der Waals surface area contributed by atoms with Gasteiger partial charge in [0.15, 0.2) is 11.7 Å². The van der Waals surface area contributed by atoms with E-state index < -0.39 is 23.5 Å². The van der Waals surface area contributed by atoms with Gasteiger partial charge in [0.2, 0.25) is 11.8 Å². The molecule has 0 spiro atoms. The Kier molecular flexibility index (Phi) is 19.1. The number of likely N-dealkylation sites (N-methyl/N-ethyl adjacent to an activating group) is 2. The summed E-state index contributed by atoms with van der Waals surface area (Å²) in [4.78, 5) is 62.7. The van der Waals surface area contributed by atoms with Crippen molar-refractivity contribution in [1.29, 1.82) is 21.6 Å². The van der Waals surface area contributed by atoms with Gasteiger partial charge in [-0.25, -0.2) is 0 Å². The van der Waals surface area contributed by atoms with E-state index in [1.54, 1.807) is 38.1 Å². The van der Waals surface area contributed by atoms with Crippen molar-refractivity contribution in [1.82, 2.24) is 30.2 Å². The molecule has 4 amide bonds. The van der Waals surface area contributed by atoms with E-state index in [-0.39, 0.29) is 95.4 Å². The summed E-state index contributed by atoms with van der Waals surface area (Å²) in [6.07, 6.45) is 0.996. The summed E-state index contributed by atoms with van der Waals surface area (Å²) in [7, 11) is 0. The highest BCUT2D eigenvalue weighted by Crippen LogP contribution is 2.36. The number of phenols is 4. The van der Waals surface area contributed by atoms with Gasteiger partial charge in [-0.1, -0.05) is 52.0 Å². The highest BCUT2D eigenvalue weighted by atomic mass is 16.3. The first-order valence-electron chi connectivity index (χ1n) is 25.5. The minimum absolute atomic E-state index is 0.0136. The molecule has 0 radical (unpaired) electrons. The second kappa shape index (κ2) is 25.4. The van der Waals surface area contributed by atoms with Crippen LogP contribution in [-0.2, 0) is 32.3 Å². The Bertz CT molecular complexity index is 2580. The first-order chi connectivity index (χ1) is 35.7. The van der Waals surface area contributed by atoms with Gasteiger partial charge in [0.25, 0.3) is 11.8 Å². The molecule has 0 bridgehead atoms. The Labute approximate surface area is 438 Å². The fourth-order valence-electron chi connectivity index (χ4n) is 9.20. The highest BCUT2D eigenvalue weighted by molar-refractivity contribution is 6.49. The van der Waals surface area contributed by atoms with E-state index in [1.165, 1.54) is 24.3 Å². The quantitative estimate of drug-likeness (QED) is 0.0471. The molecular weight excluding hydrogens is 957 g/mol. The zero-order valence-electron chi connectivity index (χ0n) is 43.8. The van der Waals surface area contributed by atoms with Crippen LogP contribution in [-0.4, -0.2) is 152 Å². The number of rotatable bonds is 16. The van der Waals surface area contributed by atoms with E-state index in [9.17, 15) is 39.6 Å². The number of carbonyl (C=O) groups is 4. The highest BCUT2D eigenvalue weighted by Gasteiger charge is 2.30. The Morgan fingerprint density at radius 3 is 1.16 bits per heavy atom. The maximum absolute atomic E-state index is 13.3. The Hall–Kier alpha value is -7.84. The maximum Gasteiger partial charge on any atom is 0.287 e. The topological polar surface area (TPSA) is 288 Å². The lowest BCUT2D eigenvalue weighted by Crippen LogP contribution is -2.48. The van der Waals surface area contributed by atoms with Gasteiger partial charge in [-0.3, -0.25) is 60.4 Å². The molecule has 2 fully saturated rings. The molecule has 0 aromatic heterocycles. The van der Waals surface area contributed by atoms with E-state index in [1.807, 2.05) is 61.8 Å². The smallest absolute Gasteiger partial charge is 0.287 e. The number of aromatic hydroxyl groups is 4. The Morgan fingerprint density at radius 1 is 0.520 bits per heavy atom. The van der Waals surface area contributed by atoms with Gasteiger partial charge in [-0.15, -0.1) is 0 Å². The third-order valence-electron chi connectivity index (χ3n) is 13.5. The second-order valence-electron chi connectivity index (χ2n) is 19.5. The first-order valence-corrected chi connectivity index (χ1v) is 25.5. The molecule has 6 rings (SSSR count). The van der Waals surface area contributed by atoms with E-state index in [2.05, 4.69) is 20.4 Å². The molecular formula is C55H72N12O8. The van der Waals surface area contributed by atoms with Crippen molar-refractivity contribution < 1.29 is 39.6 Å². The van der Waals surface area contributed by atoms with Crippen molar-refractivity contribution in [3.8, 4) is 23.0 Å². The number of nitrogens with one attached hydrogen (secondary N) is 6. The minimum atomic E-state index is -0.690. The molecule has 2 heterocycles. The summed E-state index contributed by atoms with van der Waals surface area (Å²) in [5, 5.41) is 83.0. The molecule has 0 unspecified atom stereocenters. The van der Waals surface area contributed by atoms with Crippen LogP contribution >= 0.6 is 0 Å². The number of carbonyl (C=O) groups excluding carboxylic acids is 4. The molecule has 0 atom stereocenters. The summed E-state index contributed by atoms with van der Waals surface area (Å²) in [6.45, 7) is 17.4. The van der Waals surface area contributed by atoms with Crippen molar-refractivity contribution in [2.24, 2.45) is 0 Å². The number of piperazine rings is 2. The van der Waals surface area contributed by atoms with Crippen molar-refractivity contribution in [3.05, 3.63) is 106 Å². The van der Waals surface area contributed by atoms with Crippen LogP contribution in [0.25, 0.3) is 0 Å². The lowest BCUT2D eigenvalue weighted by Gasteiger charge is -2.35. The number of benzene rings is 4. The Morgan fingerprint density at radius 2 is 0.853 bits per heavy atom. The fraction of sp³-hybridized carbons (Fsp3) is 0.418. The average Bonchev–Trinajstić information content (AvgIpc) is 3.37. The number of anilines is 2. The van der Waals surface area contributed by atoms with Gasteiger partial charge in [-0.05, 0) is 90.8 Å². The van der Waals surface area contributed by atoms with Gasteiger partial charge in [-0.2, -0.15) is 0 Å². The fourth-order valence-corrected chi connectivity index (χ4v) is 9.20. The van der Waals surface area contributed by atoms with E-state index in [4.69, 9.17) is 21.6 Å². The summed E-state index contributed by atoms with van der Waals surface area (Å²) in [6, 6.07) is 19.6. The number of amides is 4. The first kappa shape index (κ1) is 56.5. The Balaban J connectivity index is 0.952. The summed E-state index contributed by atoms with van der Waals surface area (Å²) < 4.78 is 0. The molecule has 75 heavy (non-hydrogen) atoms. The van der Waals surface area contributed by atoms with Crippen LogP contribution in [0.3, 0.4) is 0 Å². The van der Waals surface area contributed by atoms with Crippen LogP contribution in [0.2, 0.25) is 0 Å². The molecule has 10 N–H and O–H groups in total. The number of hydrogen-bond donors (Lipinski definition) is 10. The zero-order chi connectivity index (χ0) is 54.7. The van der Waals surface area contributed by atoms with Crippen LogP contribution in [0, 0.1) is 21.6 Å². The normalized spacial score (nSPS) is 14.1. The SMILES string of the molecule is CCNC(=O)C(=N)N(C(=N)c1cc(C(C)C)c(O)cc1O)c1ccc(CN2CCN(C(=O)CCCC(=O)N3CCN(Cc4ccc(N(C(=N)C(=O)NCC)C(=N)c5cc(C(C)C)c(O)cc5O)cc4)CC3)CC2)cc1. The zero-order valence-corrected chi connectivity index (χ0v) is 43.8. The summed E-state index contributed by atoms with van der Waals surface area (Å²) >= 11 is 0. The minimum Gasteiger partial charge on any atom is -0.508 e. The lowest BCUT2D eigenvalue weighted by molar-refractivity contribution is -0.134. The molecule has 0 aliphatic carbocycles. The predicted octanol–water partition coefficient (Wildman–Crippen LogP) is 5.81. The van der Waals surface area contributed by atoms with Crippen molar-refractivity contribution in [3.63, 3.8) is 0 Å². The largest absolute Gasteiger partial charge is 0.508 e. The molecule has 2 saturated heterocycles. The van der Waals surface area contributed by atoms with Crippen LogP contribution in [0.1, 0.15) is 106 Å². The van der Waals surface area contributed by atoms with Gasteiger partial charge in [0, 0.05) is 115 Å². The third-order valence-corrected chi connectivity index (χ3v) is 13.5. The molecule has 2 aliphatic heterocycles. The maximum atomic E-state index is 13.3. The number of hydrogen-bond acceptors (Lipinski definition) is 14. The van der Waals surface area contributed by atoms with E-state index >= 15 is 0 Å². The third kappa shape index (κ3) is 13.9. The van der Waals surface area contributed by atoms with Crippen LogP contribution in [0.5, 0.6) is 23.0 Å². The van der Waals surface area contributed by atoms with Crippen molar-refractivity contribution >= 4 is 58.3 Å². The van der Waals surface area contributed by atoms with E-state index in [0.717, 1.165) is 20.9 Å². The summed E-state index contributed by atoms with van der Waals surface area (Å²) in [5.41, 5.74) is 3.79. The average molecular weight is 1030 g/mol. The molecule has 20 nitrogen and oxygen atoms in total.